The Labute approximate surface area is 117 Å². The lowest BCUT2D eigenvalue weighted by Crippen LogP contribution is -2.01. The molecule has 0 bridgehead atoms. The number of hydrogen-bond acceptors (Lipinski definition) is 3. The molecule has 0 amide bonds. The Morgan fingerprint density at radius 2 is 1.75 bits per heavy atom. The third kappa shape index (κ3) is 2.78. The summed E-state index contributed by atoms with van der Waals surface area (Å²) in [5.74, 6) is -0.942. The molecule has 2 aromatic rings. The maximum atomic E-state index is 11.1. The summed E-state index contributed by atoms with van der Waals surface area (Å²) in [6.45, 7) is 3.63. The van der Waals surface area contributed by atoms with Crippen LogP contribution in [-0.4, -0.2) is 11.1 Å². The number of anilines is 2. The van der Waals surface area contributed by atoms with Gasteiger partial charge in [0.15, 0.2) is 0 Å². The molecule has 0 aromatic heterocycles. The van der Waals surface area contributed by atoms with Gasteiger partial charge in [-0.2, -0.15) is 5.26 Å². The first kappa shape index (κ1) is 13.6. The summed E-state index contributed by atoms with van der Waals surface area (Å²) in [5.41, 5.74) is 4.03. The van der Waals surface area contributed by atoms with Gasteiger partial charge in [-0.25, -0.2) is 4.79 Å². The Bertz CT molecular complexity index is 715. The van der Waals surface area contributed by atoms with E-state index in [9.17, 15) is 4.79 Å². The fourth-order valence-electron chi connectivity index (χ4n) is 1.96. The van der Waals surface area contributed by atoms with Gasteiger partial charge in [0, 0.05) is 11.4 Å². The van der Waals surface area contributed by atoms with Gasteiger partial charge < -0.3 is 10.4 Å². The van der Waals surface area contributed by atoms with Crippen molar-refractivity contribution in [1.29, 1.82) is 5.26 Å². The van der Waals surface area contributed by atoms with Crippen molar-refractivity contribution in [1.82, 2.24) is 0 Å². The molecule has 4 nitrogen and oxygen atoms in total. The van der Waals surface area contributed by atoms with Crippen molar-refractivity contribution in [3.05, 3.63) is 58.7 Å². The number of carboxylic acid groups (broad SMARTS) is 1. The van der Waals surface area contributed by atoms with E-state index >= 15 is 0 Å². The number of rotatable bonds is 3. The molecule has 100 valence electrons. The number of nitrogens with one attached hydrogen (secondary N) is 1. The number of carbonyl (C=O) groups is 1. The van der Waals surface area contributed by atoms with Gasteiger partial charge in [-0.15, -0.1) is 0 Å². The van der Waals surface area contributed by atoms with Crippen LogP contribution in [0.5, 0.6) is 0 Å². The van der Waals surface area contributed by atoms with Crippen LogP contribution in [0.3, 0.4) is 0 Å². The molecule has 0 aliphatic heterocycles. The van der Waals surface area contributed by atoms with Gasteiger partial charge in [0.05, 0.1) is 17.2 Å². The summed E-state index contributed by atoms with van der Waals surface area (Å²) in [5, 5.41) is 21.1. The largest absolute Gasteiger partial charge is 0.478 e. The van der Waals surface area contributed by atoms with Gasteiger partial charge in [0.1, 0.15) is 0 Å². The standard InChI is InChI=1S/C16H14N2O2/c1-10-3-5-14(8-15(10)16(19)20)18-13-6-4-12(9-17)11(2)7-13/h3-8,18H,1-2H3,(H,19,20). The number of carboxylic acids is 1. The second kappa shape index (κ2) is 5.45. The van der Waals surface area contributed by atoms with Gasteiger partial charge in [-0.3, -0.25) is 0 Å². The van der Waals surface area contributed by atoms with Gasteiger partial charge >= 0.3 is 5.97 Å². The predicted molar refractivity (Wildman–Crippen MR) is 77.3 cm³/mol. The lowest BCUT2D eigenvalue weighted by molar-refractivity contribution is 0.0696. The van der Waals surface area contributed by atoms with E-state index in [1.807, 2.05) is 19.1 Å². The second-order valence-electron chi connectivity index (χ2n) is 4.60. The smallest absolute Gasteiger partial charge is 0.336 e. The molecule has 0 atom stereocenters. The first-order chi connectivity index (χ1) is 9.51. The molecule has 2 N–H and O–H groups in total. The van der Waals surface area contributed by atoms with Crippen LogP contribution < -0.4 is 5.32 Å². The maximum absolute atomic E-state index is 11.1. The van der Waals surface area contributed by atoms with E-state index in [1.54, 1.807) is 31.2 Å². The van der Waals surface area contributed by atoms with Crippen molar-refractivity contribution in [2.45, 2.75) is 13.8 Å². The fourth-order valence-corrected chi connectivity index (χ4v) is 1.96. The Kier molecular flexibility index (Phi) is 3.72. The molecule has 2 rings (SSSR count). The van der Waals surface area contributed by atoms with Crippen molar-refractivity contribution < 1.29 is 9.90 Å². The predicted octanol–water partition coefficient (Wildman–Crippen LogP) is 3.62. The van der Waals surface area contributed by atoms with Crippen LogP contribution in [0.1, 0.15) is 27.0 Å². The van der Waals surface area contributed by atoms with E-state index in [4.69, 9.17) is 10.4 Å². The van der Waals surface area contributed by atoms with Crippen LogP contribution in [-0.2, 0) is 0 Å². The number of aromatic carboxylic acids is 1. The summed E-state index contributed by atoms with van der Waals surface area (Å²) in [6, 6.07) is 12.7. The first-order valence-corrected chi connectivity index (χ1v) is 6.13. The van der Waals surface area contributed by atoms with Gasteiger partial charge in [-0.1, -0.05) is 6.07 Å². The van der Waals surface area contributed by atoms with Gasteiger partial charge in [-0.05, 0) is 55.3 Å². The number of nitrogens with zero attached hydrogens (tertiary/aromatic N) is 1. The van der Waals surface area contributed by atoms with Gasteiger partial charge in [0.25, 0.3) is 0 Å². The molecule has 4 heteroatoms. The minimum atomic E-state index is -0.942. The highest BCUT2D eigenvalue weighted by atomic mass is 16.4. The second-order valence-corrected chi connectivity index (χ2v) is 4.60. The van der Waals surface area contributed by atoms with Crippen LogP contribution in [0.15, 0.2) is 36.4 Å². The molecule has 0 radical (unpaired) electrons. The fraction of sp³-hybridized carbons (Fsp3) is 0.125. The number of benzene rings is 2. The Morgan fingerprint density at radius 3 is 2.35 bits per heavy atom. The molecule has 0 unspecified atom stereocenters. The van der Waals surface area contributed by atoms with Crippen molar-refractivity contribution in [3.63, 3.8) is 0 Å². The molecule has 20 heavy (non-hydrogen) atoms. The van der Waals surface area contributed by atoms with E-state index in [2.05, 4.69) is 11.4 Å². The zero-order chi connectivity index (χ0) is 14.7. The zero-order valence-electron chi connectivity index (χ0n) is 11.3. The topological polar surface area (TPSA) is 73.1 Å². The van der Waals surface area contributed by atoms with E-state index in [1.165, 1.54) is 0 Å². The summed E-state index contributed by atoms with van der Waals surface area (Å²) in [6.07, 6.45) is 0. The van der Waals surface area contributed by atoms with Crippen LogP contribution in [0, 0.1) is 25.2 Å². The van der Waals surface area contributed by atoms with Crippen molar-refractivity contribution in [3.8, 4) is 6.07 Å². The molecular weight excluding hydrogens is 252 g/mol. The average Bonchev–Trinajstić information content (AvgIpc) is 2.41. The third-order valence-corrected chi connectivity index (χ3v) is 3.10. The van der Waals surface area contributed by atoms with E-state index in [0.717, 1.165) is 16.8 Å². The summed E-state index contributed by atoms with van der Waals surface area (Å²) in [7, 11) is 0. The minimum Gasteiger partial charge on any atom is -0.478 e. The molecule has 0 heterocycles. The molecule has 0 spiro atoms. The van der Waals surface area contributed by atoms with Crippen molar-refractivity contribution >= 4 is 17.3 Å². The molecule has 0 aliphatic rings. The zero-order valence-corrected chi connectivity index (χ0v) is 11.3. The highest BCUT2D eigenvalue weighted by Gasteiger charge is 2.08. The Hall–Kier alpha value is -2.80. The number of hydrogen-bond donors (Lipinski definition) is 2. The lowest BCUT2D eigenvalue weighted by Gasteiger charge is -2.10. The highest BCUT2D eigenvalue weighted by Crippen LogP contribution is 2.22. The van der Waals surface area contributed by atoms with E-state index in [0.29, 0.717) is 11.3 Å². The number of aryl methyl sites for hydroxylation is 2. The van der Waals surface area contributed by atoms with Crippen LogP contribution in [0.2, 0.25) is 0 Å². The Morgan fingerprint density at radius 1 is 1.10 bits per heavy atom. The number of nitriles is 1. The molecule has 0 saturated heterocycles. The van der Waals surface area contributed by atoms with Crippen molar-refractivity contribution in [2.75, 3.05) is 5.32 Å². The van der Waals surface area contributed by atoms with Crippen LogP contribution in [0.4, 0.5) is 11.4 Å². The molecular formula is C16H14N2O2. The summed E-state index contributed by atoms with van der Waals surface area (Å²) in [4.78, 5) is 11.1. The average molecular weight is 266 g/mol. The van der Waals surface area contributed by atoms with E-state index < -0.39 is 5.97 Å². The minimum absolute atomic E-state index is 0.278. The lowest BCUT2D eigenvalue weighted by atomic mass is 10.1. The third-order valence-electron chi connectivity index (χ3n) is 3.10. The molecule has 0 aliphatic carbocycles. The van der Waals surface area contributed by atoms with Crippen LogP contribution >= 0.6 is 0 Å². The summed E-state index contributed by atoms with van der Waals surface area (Å²) >= 11 is 0. The normalized spacial score (nSPS) is 9.85. The first-order valence-electron chi connectivity index (χ1n) is 6.13. The van der Waals surface area contributed by atoms with Gasteiger partial charge in [0.2, 0.25) is 0 Å². The SMILES string of the molecule is Cc1cc(Nc2ccc(C)c(C(=O)O)c2)ccc1C#N. The molecule has 2 aromatic carbocycles. The molecule has 0 saturated carbocycles. The van der Waals surface area contributed by atoms with Crippen LogP contribution in [0.25, 0.3) is 0 Å². The van der Waals surface area contributed by atoms with E-state index in [-0.39, 0.29) is 5.56 Å². The van der Waals surface area contributed by atoms with Crippen molar-refractivity contribution in [2.24, 2.45) is 0 Å². The monoisotopic (exact) mass is 266 g/mol. The Balaban J connectivity index is 2.31. The highest BCUT2D eigenvalue weighted by molar-refractivity contribution is 5.90. The maximum Gasteiger partial charge on any atom is 0.336 e. The molecule has 0 fully saturated rings. The summed E-state index contributed by atoms with van der Waals surface area (Å²) < 4.78 is 0. The quantitative estimate of drug-likeness (QED) is 0.889.